The number of hydrogen-bond donors (Lipinski definition) is 1. The zero-order valence-corrected chi connectivity index (χ0v) is 18.5. The number of nitrogens with one attached hydrogen (secondary N) is 1. The van der Waals surface area contributed by atoms with E-state index >= 15 is 0 Å². The van der Waals surface area contributed by atoms with Gasteiger partial charge < -0.3 is 14.2 Å². The highest BCUT2D eigenvalue weighted by atomic mass is 16.5. The van der Waals surface area contributed by atoms with Gasteiger partial charge in [0.1, 0.15) is 0 Å². The number of amides is 1. The largest absolute Gasteiger partial charge is 0.481 e. The molecule has 1 aromatic carbocycles. The topological polar surface area (TPSA) is 85.2 Å². The predicted octanol–water partition coefficient (Wildman–Crippen LogP) is 4.20. The van der Waals surface area contributed by atoms with Gasteiger partial charge in [0.2, 0.25) is 23.7 Å². The summed E-state index contributed by atoms with van der Waals surface area (Å²) in [6.45, 7) is 1.48. The number of para-hydroxylation sites is 2. The number of ether oxygens (including phenoxy) is 1. The Morgan fingerprint density at radius 2 is 1.81 bits per heavy atom. The molecule has 1 aliphatic heterocycles. The lowest BCUT2D eigenvalue weighted by Crippen LogP contribution is -2.39. The smallest absolute Gasteiger partial charge is 0.229 e. The highest BCUT2D eigenvalue weighted by Gasteiger charge is 2.29. The normalized spacial score (nSPS) is 18.1. The van der Waals surface area contributed by atoms with E-state index in [1.807, 2.05) is 18.2 Å². The number of anilines is 2. The Hall–Kier alpha value is -3.16. The van der Waals surface area contributed by atoms with E-state index in [2.05, 4.69) is 30.8 Å². The van der Waals surface area contributed by atoms with E-state index in [1.54, 1.807) is 19.4 Å². The Morgan fingerprint density at radius 3 is 2.59 bits per heavy atom. The van der Waals surface area contributed by atoms with Crippen molar-refractivity contribution in [2.45, 2.75) is 51.0 Å². The van der Waals surface area contributed by atoms with Crippen LogP contribution in [0.2, 0.25) is 0 Å². The standard InChI is InChI=1S/C24H30N6O2/c1-32-21-11-14-25-23(27-21)29-15-12-17(13-16-29)22(31)28-24-26-19-9-5-6-10-20(19)30(24)18-7-3-2-4-8-18/h5-6,9-11,14,17-18H,2-4,7-8,12-13,15-16H2,1H3,(H,26,28,31). The maximum Gasteiger partial charge on any atom is 0.229 e. The fraction of sp³-hybridized carbons (Fsp3) is 0.500. The van der Waals surface area contributed by atoms with Crippen LogP contribution in [0, 0.1) is 5.92 Å². The van der Waals surface area contributed by atoms with Crippen molar-refractivity contribution in [3.05, 3.63) is 36.5 Å². The quantitative estimate of drug-likeness (QED) is 0.648. The number of carbonyl (C=O) groups excluding carboxylic acids is 1. The van der Waals surface area contributed by atoms with E-state index < -0.39 is 0 Å². The number of piperidine rings is 1. The summed E-state index contributed by atoms with van der Waals surface area (Å²) in [5.41, 5.74) is 2.05. The Bertz CT molecular complexity index is 1080. The molecule has 1 N–H and O–H groups in total. The first-order valence-corrected chi connectivity index (χ1v) is 11.6. The summed E-state index contributed by atoms with van der Waals surface area (Å²) in [4.78, 5) is 28.9. The predicted molar refractivity (Wildman–Crippen MR) is 124 cm³/mol. The minimum absolute atomic E-state index is 0.0449. The van der Waals surface area contributed by atoms with Crippen LogP contribution in [-0.2, 0) is 4.79 Å². The monoisotopic (exact) mass is 434 g/mol. The van der Waals surface area contributed by atoms with Gasteiger partial charge in [-0.1, -0.05) is 31.4 Å². The molecule has 8 heteroatoms. The zero-order chi connectivity index (χ0) is 21.9. The van der Waals surface area contributed by atoms with Gasteiger partial charge in [-0.3, -0.25) is 10.1 Å². The molecule has 1 saturated carbocycles. The fourth-order valence-electron chi connectivity index (χ4n) is 4.99. The summed E-state index contributed by atoms with van der Waals surface area (Å²) < 4.78 is 7.48. The van der Waals surface area contributed by atoms with Crippen LogP contribution >= 0.6 is 0 Å². The molecule has 1 saturated heterocycles. The lowest BCUT2D eigenvalue weighted by Gasteiger charge is -2.31. The molecule has 3 aromatic rings. The first-order chi connectivity index (χ1) is 15.7. The average molecular weight is 435 g/mol. The van der Waals surface area contributed by atoms with Gasteiger partial charge in [-0.25, -0.2) is 9.97 Å². The summed E-state index contributed by atoms with van der Waals surface area (Å²) in [5, 5.41) is 3.18. The van der Waals surface area contributed by atoms with E-state index in [9.17, 15) is 4.79 Å². The molecule has 0 unspecified atom stereocenters. The van der Waals surface area contributed by atoms with Gasteiger partial charge in [0.25, 0.3) is 0 Å². The Balaban J connectivity index is 1.29. The van der Waals surface area contributed by atoms with Crippen molar-refractivity contribution in [3.8, 4) is 5.88 Å². The third-order valence-corrected chi connectivity index (χ3v) is 6.75. The Labute approximate surface area is 188 Å². The van der Waals surface area contributed by atoms with Crippen LogP contribution in [0.4, 0.5) is 11.9 Å². The van der Waals surface area contributed by atoms with E-state index in [1.165, 1.54) is 19.3 Å². The van der Waals surface area contributed by atoms with Gasteiger partial charge in [-0.05, 0) is 37.8 Å². The number of rotatable bonds is 5. The number of methoxy groups -OCH3 is 1. The van der Waals surface area contributed by atoms with Crippen molar-refractivity contribution in [2.24, 2.45) is 5.92 Å². The molecular formula is C24H30N6O2. The molecule has 0 bridgehead atoms. The van der Waals surface area contributed by atoms with E-state index in [0.717, 1.165) is 49.8 Å². The van der Waals surface area contributed by atoms with Crippen LogP contribution in [0.3, 0.4) is 0 Å². The van der Waals surface area contributed by atoms with Crippen LogP contribution in [-0.4, -0.2) is 45.6 Å². The Morgan fingerprint density at radius 1 is 1.03 bits per heavy atom. The molecule has 2 fully saturated rings. The average Bonchev–Trinajstić information content (AvgIpc) is 3.22. The second-order valence-corrected chi connectivity index (χ2v) is 8.74. The van der Waals surface area contributed by atoms with Crippen LogP contribution in [0.25, 0.3) is 11.0 Å². The van der Waals surface area contributed by atoms with Crippen molar-refractivity contribution >= 4 is 28.8 Å². The highest BCUT2D eigenvalue weighted by molar-refractivity contribution is 5.93. The van der Waals surface area contributed by atoms with Gasteiger partial charge in [-0.15, -0.1) is 0 Å². The molecule has 2 aliphatic rings. The molecule has 1 amide bonds. The molecular weight excluding hydrogens is 404 g/mol. The number of carbonyl (C=O) groups is 1. The van der Waals surface area contributed by atoms with Crippen molar-refractivity contribution < 1.29 is 9.53 Å². The highest BCUT2D eigenvalue weighted by Crippen LogP contribution is 2.34. The molecule has 0 atom stereocenters. The molecule has 2 aromatic heterocycles. The molecule has 0 radical (unpaired) electrons. The molecule has 8 nitrogen and oxygen atoms in total. The van der Waals surface area contributed by atoms with Gasteiger partial charge >= 0.3 is 0 Å². The van der Waals surface area contributed by atoms with E-state index in [0.29, 0.717) is 23.8 Å². The summed E-state index contributed by atoms with van der Waals surface area (Å²) in [6.07, 6.45) is 9.26. The van der Waals surface area contributed by atoms with Crippen LogP contribution in [0.1, 0.15) is 51.0 Å². The molecule has 3 heterocycles. The van der Waals surface area contributed by atoms with Gasteiger partial charge in [0.15, 0.2) is 0 Å². The summed E-state index contributed by atoms with van der Waals surface area (Å²) in [7, 11) is 1.60. The number of hydrogen-bond acceptors (Lipinski definition) is 6. The number of imidazole rings is 1. The lowest BCUT2D eigenvalue weighted by atomic mass is 9.95. The molecule has 1 aliphatic carbocycles. The van der Waals surface area contributed by atoms with Gasteiger partial charge in [0, 0.05) is 37.3 Å². The second-order valence-electron chi connectivity index (χ2n) is 8.74. The van der Waals surface area contributed by atoms with Crippen LogP contribution < -0.4 is 15.0 Å². The summed E-state index contributed by atoms with van der Waals surface area (Å²) in [6, 6.07) is 10.3. The molecule has 0 spiro atoms. The maximum atomic E-state index is 13.2. The van der Waals surface area contributed by atoms with Crippen molar-refractivity contribution in [3.63, 3.8) is 0 Å². The summed E-state index contributed by atoms with van der Waals surface area (Å²) >= 11 is 0. The Kier molecular flexibility index (Phi) is 5.92. The molecule has 168 valence electrons. The third-order valence-electron chi connectivity index (χ3n) is 6.75. The third kappa shape index (κ3) is 4.13. The first-order valence-electron chi connectivity index (χ1n) is 11.6. The number of nitrogens with zero attached hydrogens (tertiary/aromatic N) is 5. The number of aromatic nitrogens is 4. The van der Waals surface area contributed by atoms with Crippen molar-refractivity contribution in [2.75, 3.05) is 30.4 Å². The van der Waals surface area contributed by atoms with Gasteiger partial charge in [0.05, 0.1) is 18.1 Å². The van der Waals surface area contributed by atoms with E-state index in [-0.39, 0.29) is 11.8 Å². The van der Waals surface area contributed by atoms with E-state index in [4.69, 9.17) is 9.72 Å². The molecule has 32 heavy (non-hydrogen) atoms. The van der Waals surface area contributed by atoms with Crippen molar-refractivity contribution in [1.29, 1.82) is 0 Å². The maximum absolute atomic E-state index is 13.2. The second kappa shape index (κ2) is 9.14. The van der Waals surface area contributed by atoms with Crippen molar-refractivity contribution in [1.82, 2.24) is 19.5 Å². The summed E-state index contributed by atoms with van der Waals surface area (Å²) in [5.74, 6) is 1.92. The minimum Gasteiger partial charge on any atom is -0.481 e. The first kappa shape index (κ1) is 20.7. The zero-order valence-electron chi connectivity index (χ0n) is 18.5. The van der Waals surface area contributed by atoms with Crippen LogP contribution in [0.5, 0.6) is 5.88 Å². The fourth-order valence-corrected chi connectivity index (χ4v) is 4.99. The van der Waals surface area contributed by atoms with Crippen LogP contribution in [0.15, 0.2) is 36.5 Å². The van der Waals surface area contributed by atoms with Gasteiger partial charge in [-0.2, -0.15) is 4.98 Å². The molecule has 5 rings (SSSR count). The minimum atomic E-state index is -0.0449. The lowest BCUT2D eigenvalue weighted by molar-refractivity contribution is -0.120. The number of benzene rings is 1. The number of fused-ring (bicyclic) bond motifs is 1. The SMILES string of the molecule is COc1ccnc(N2CCC(C(=O)Nc3nc4ccccc4n3C3CCCCC3)CC2)n1.